The summed E-state index contributed by atoms with van der Waals surface area (Å²) >= 11 is 0. The molecule has 1 aromatic carbocycles. The van der Waals surface area contributed by atoms with Crippen molar-refractivity contribution in [3.8, 4) is 5.75 Å². The highest BCUT2D eigenvalue weighted by molar-refractivity contribution is 5.52. The molecular weight excluding hydrogens is 250 g/mol. The molecular formula is C16H23N3O. The summed E-state index contributed by atoms with van der Waals surface area (Å²) in [6.45, 7) is 7.77. The third-order valence-electron chi connectivity index (χ3n) is 3.37. The smallest absolute Gasteiger partial charge is 0.119 e. The second-order valence-electron chi connectivity index (χ2n) is 5.02. The zero-order chi connectivity index (χ0) is 14.5. The van der Waals surface area contributed by atoms with E-state index in [-0.39, 0.29) is 0 Å². The minimum absolute atomic E-state index is 0.770. The molecule has 0 saturated heterocycles. The Morgan fingerprint density at radius 1 is 1.20 bits per heavy atom. The van der Waals surface area contributed by atoms with E-state index in [9.17, 15) is 0 Å². The number of hydrogen-bond donors (Lipinski definition) is 1. The Balaban J connectivity index is 1.97. The maximum Gasteiger partial charge on any atom is 0.119 e. The molecule has 20 heavy (non-hydrogen) atoms. The van der Waals surface area contributed by atoms with Crippen LogP contribution in [0.1, 0.15) is 30.3 Å². The summed E-state index contributed by atoms with van der Waals surface area (Å²) in [6, 6.07) is 8.24. The van der Waals surface area contributed by atoms with Crippen molar-refractivity contribution in [1.29, 1.82) is 0 Å². The van der Waals surface area contributed by atoms with Gasteiger partial charge in [0.25, 0.3) is 0 Å². The molecule has 0 saturated carbocycles. The fourth-order valence-corrected chi connectivity index (χ4v) is 2.14. The van der Waals surface area contributed by atoms with Gasteiger partial charge >= 0.3 is 0 Å². The van der Waals surface area contributed by atoms with Crippen molar-refractivity contribution in [2.45, 2.75) is 33.7 Å². The first-order valence-corrected chi connectivity index (χ1v) is 7.07. The van der Waals surface area contributed by atoms with Crippen LogP contribution in [0.5, 0.6) is 5.75 Å². The van der Waals surface area contributed by atoms with Crippen LogP contribution in [-0.2, 0) is 13.6 Å². The topological polar surface area (TPSA) is 39.1 Å². The maximum absolute atomic E-state index is 5.58. The zero-order valence-electron chi connectivity index (χ0n) is 12.7. The van der Waals surface area contributed by atoms with Crippen molar-refractivity contribution >= 4 is 5.69 Å². The van der Waals surface area contributed by atoms with Gasteiger partial charge in [0.15, 0.2) is 0 Å². The normalized spacial score (nSPS) is 10.6. The number of hydrogen-bond acceptors (Lipinski definition) is 3. The molecule has 108 valence electrons. The zero-order valence-corrected chi connectivity index (χ0v) is 12.7. The highest BCUT2D eigenvalue weighted by Gasteiger charge is 2.08. The van der Waals surface area contributed by atoms with E-state index in [1.807, 2.05) is 30.8 Å². The minimum Gasteiger partial charge on any atom is -0.494 e. The van der Waals surface area contributed by atoms with E-state index >= 15 is 0 Å². The average molecular weight is 273 g/mol. The first-order chi connectivity index (χ1) is 9.61. The fourth-order valence-electron chi connectivity index (χ4n) is 2.14. The Hall–Kier alpha value is -1.97. The van der Waals surface area contributed by atoms with Gasteiger partial charge in [-0.05, 0) is 38.0 Å². The van der Waals surface area contributed by atoms with Gasteiger partial charge in [-0.25, -0.2) is 0 Å². The first-order valence-electron chi connectivity index (χ1n) is 7.07. The van der Waals surface area contributed by atoms with E-state index in [1.165, 1.54) is 5.56 Å². The lowest BCUT2D eigenvalue weighted by Gasteiger charge is -2.08. The molecule has 0 spiro atoms. The number of ether oxygens (including phenoxy) is 1. The van der Waals surface area contributed by atoms with Gasteiger partial charge in [-0.2, -0.15) is 5.10 Å². The van der Waals surface area contributed by atoms with Crippen molar-refractivity contribution in [2.24, 2.45) is 7.05 Å². The summed E-state index contributed by atoms with van der Waals surface area (Å²) in [4.78, 5) is 0. The predicted octanol–water partition coefficient (Wildman–Crippen LogP) is 3.44. The number of rotatable bonds is 6. The van der Waals surface area contributed by atoms with Gasteiger partial charge in [-0.3, -0.25) is 4.68 Å². The highest BCUT2D eigenvalue weighted by atomic mass is 16.5. The average Bonchev–Trinajstić information content (AvgIpc) is 2.69. The lowest BCUT2D eigenvalue weighted by Crippen LogP contribution is -2.02. The minimum atomic E-state index is 0.770. The quantitative estimate of drug-likeness (QED) is 0.876. The monoisotopic (exact) mass is 273 g/mol. The second-order valence-corrected chi connectivity index (χ2v) is 5.02. The molecule has 2 aromatic rings. The second kappa shape index (κ2) is 6.46. The number of benzene rings is 1. The van der Waals surface area contributed by atoms with Crippen LogP contribution in [0.25, 0.3) is 0 Å². The van der Waals surface area contributed by atoms with Crippen molar-refractivity contribution < 1.29 is 4.74 Å². The van der Waals surface area contributed by atoms with Crippen LogP contribution in [0.2, 0.25) is 0 Å². The Labute approximate surface area is 120 Å². The summed E-state index contributed by atoms with van der Waals surface area (Å²) in [5, 5.41) is 7.86. The lowest BCUT2D eigenvalue weighted by atomic mass is 10.2. The molecule has 0 bridgehead atoms. The van der Waals surface area contributed by atoms with Gasteiger partial charge in [0.1, 0.15) is 5.75 Å². The Kier molecular flexibility index (Phi) is 4.66. The Morgan fingerprint density at radius 3 is 2.45 bits per heavy atom. The number of nitrogens with one attached hydrogen (secondary N) is 1. The fraction of sp³-hybridized carbons (Fsp3) is 0.438. The molecule has 0 amide bonds. The summed E-state index contributed by atoms with van der Waals surface area (Å²) < 4.78 is 7.48. The van der Waals surface area contributed by atoms with Crippen LogP contribution in [0.3, 0.4) is 0 Å². The van der Waals surface area contributed by atoms with Crippen LogP contribution < -0.4 is 10.1 Å². The van der Waals surface area contributed by atoms with Gasteiger partial charge in [0.2, 0.25) is 0 Å². The third kappa shape index (κ3) is 3.32. The molecule has 0 aliphatic rings. The largest absolute Gasteiger partial charge is 0.494 e. The van der Waals surface area contributed by atoms with E-state index in [0.29, 0.717) is 0 Å². The van der Waals surface area contributed by atoms with Crippen LogP contribution in [-0.4, -0.2) is 16.4 Å². The molecule has 0 atom stereocenters. The molecule has 0 aliphatic carbocycles. The Morgan fingerprint density at radius 2 is 1.90 bits per heavy atom. The molecule has 4 heteroatoms. The highest BCUT2D eigenvalue weighted by Crippen LogP contribution is 2.20. The van der Waals surface area contributed by atoms with Gasteiger partial charge in [0.05, 0.1) is 23.7 Å². The molecule has 0 unspecified atom stereocenters. The van der Waals surface area contributed by atoms with Crippen LogP contribution in [0.4, 0.5) is 5.69 Å². The van der Waals surface area contributed by atoms with E-state index in [4.69, 9.17) is 4.74 Å². The number of anilines is 1. The van der Waals surface area contributed by atoms with Crippen LogP contribution >= 0.6 is 0 Å². The molecule has 0 aliphatic heterocycles. The maximum atomic E-state index is 5.58. The van der Waals surface area contributed by atoms with Gasteiger partial charge in [-0.15, -0.1) is 0 Å². The molecule has 1 N–H and O–H groups in total. The van der Waals surface area contributed by atoms with Crippen molar-refractivity contribution in [2.75, 3.05) is 11.9 Å². The summed E-state index contributed by atoms with van der Waals surface area (Å²) in [6.07, 6.45) is 1.03. The van der Waals surface area contributed by atoms with Gasteiger partial charge < -0.3 is 10.1 Å². The summed E-state index contributed by atoms with van der Waals surface area (Å²) in [5.41, 5.74) is 4.55. The van der Waals surface area contributed by atoms with Crippen molar-refractivity contribution in [3.63, 3.8) is 0 Å². The predicted molar refractivity (Wildman–Crippen MR) is 82.2 cm³/mol. The standard InChI is InChI=1S/C16H23N3O/c1-5-10-20-15-8-6-14(7-9-15)11-17-16-12(2)18-19(4)13(16)3/h6-9,17H,5,10-11H2,1-4H3. The Bertz CT molecular complexity index is 558. The molecule has 1 aromatic heterocycles. The van der Waals surface area contributed by atoms with E-state index < -0.39 is 0 Å². The van der Waals surface area contributed by atoms with E-state index in [2.05, 4.69) is 36.4 Å². The molecule has 0 radical (unpaired) electrons. The number of aryl methyl sites for hydroxylation is 2. The van der Waals surface area contributed by atoms with Gasteiger partial charge in [0, 0.05) is 13.6 Å². The summed E-state index contributed by atoms with van der Waals surface area (Å²) in [5.74, 6) is 0.935. The SMILES string of the molecule is CCCOc1ccc(CNc2c(C)nn(C)c2C)cc1. The van der Waals surface area contributed by atoms with Crippen LogP contribution in [0.15, 0.2) is 24.3 Å². The van der Waals surface area contributed by atoms with Crippen LogP contribution in [0, 0.1) is 13.8 Å². The molecule has 0 fully saturated rings. The van der Waals surface area contributed by atoms with Crippen molar-refractivity contribution in [3.05, 3.63) is 41.2 Å². The van der Waals surface area contributed by atoms with E-state index in [0.717, 1.165) is 42.4 Å². The summed E-state index contributed by atoms with van der Waals surface area (Å²) in [7, 11) is 1.97. The lowest BCUT2D eigenvalue weighted by molar-refractivity contribution is 0.317. The van der Waals surface area contributed by atoms with E-state index in [1.54, 1.807) is 0 Å². The molecule has 2 rings (SSSR count). The first kappa shape index (κ1) is 14.4. The molecule has 4 nitrogen and oxygen atoms in total. The van der Waals surface area contributed by atoms with Crippen molar-refractivity contribution in [1.82, 2.24) is 9.78 Å². The number of aromatic nitrogens is 2. The third-order valence-corrected chi connectivity index (χ3v) is 3.37. The molecule has 1 heterocycles. The van der Waals surface area contributed by atoms with Gasteiger partial charge in [-0.1, -0.05) is 19.1 Å². The number of nitrogens with zero attached hydrogens (tertiary/aromatic N) is 2.